The van der Waals surface area contributed by atoms with E-state index in [0.29, 0.717) is 21.9 Å². The molecule has 236 valence electrons. The highest BCUT2D eigenvalue weighted by Gasteiger charge is 2.19. The van der Waals surface area contributed by atoms with E-state index in [0.717, 1.165) is 38.3 Å². The standard InChI is InChI=1S/C50H30O/c1-3-15-36-31(11-1)13-9-21-38(36)48-39-17-5-7-19-41(39)49(42-20-8-6-18-40(42)48)43-22-10-14-33-23-24-34(29-45(33)43)35-25-27-44-47(30-35)51-46-28-26-32-12-2-4-16-37(32)50(44)46/h1-30H/i1D,3D,5D,6D,7D,8D,9D,11D,13D,15D,17D,18D,19D,20D,21D. The average molecular weight is 662 g/mol. The third-order valence-corrected chi connectivity index (χ3v) is 9.78. The van der Waals surface area contributed by atoms with E-state index < -0.39 is 107 Å². The fourth-order valence-corrected chi connectivity index (χ4v) is 7.54. The van der Waals surface area contributed by atoms with E-state index in [2.05, 4.69) is 6.07 Å². The summed E-state index contributed by atoms with van der Waals surface area (Å²) in [6.07, 6.45) is 0. The summed E-state index contributed by atoms with van der Waals surface area (Å²) in [4.78, 5) is 0. The fraction of sp³-hybridized carbons (Fsp3) is 0. The first kappa shape index (κ1) is 17.3. The van der Waals surface area contributed by atoms with E-state index in [1.54, 1.807) is 12.1 Å². The molecule has 0 saturated carbocycles. The van der Waals surface area contributed by atoms with E-state index in [9.17, 15) is 6.85 Å². The number of benzene rings is 10. The summed E-state index contributed by atoms with van der Waals surface area (Å²) in [6, 6.07) is 18.8. The molecule has 1 heteroatoms. The van der Waals surface area contributed by atoms with Gasteiger partial charge in [0.05, 0.1) is 20.6 Å². The van der Waals surface area contributed by atoms with Gasteiger partial charge in [0.1, 0.15) is 11.2 Å². The van der Waals surface area contributed by atoms with Gasteiger partial charge >= 0.3 is 0 Å². The Morgan fingerprint density at radius 3 is 1.76 bits per heavy atom. The second kappa shape index (κ2) is 10.9. The molecule has 0 radical (unpaired) electrons. The van der Waals surface area contributed by atoms with Crippen LogP contribution in [0.2, 0.25) is 0 Å². The van der Waals surface area contributed by atoms with Gasteiger partial charge in [-0.25, -0.2) is 0 Å². The zero-order chi connectivity index (χ0) is 46.5. The van der Waals surface area contributed by atoms with Crippen LogP contribution in [0, 0.1) is 0 Å². The molecule has 0 atom stereocenters. The predicted octanol–water partition coefficient (Wildman–Crippen LogP) is 14.4. The van der Waals surface area contributed by atoms with Crippen LogP contribution in [0.5, 0.6) is 0 Å². The topological polar surface area (TPSA) is 13.1 Å². The highest BCUT2D eigenvalue weighted by atomic mass is 16.3. The lowest BCUT2D eigenvalue weighted by Gasteiger charge is -2.20. The lowest BCUT2D eigenvalue weighted by Crippen LogP contribution is -1.92. The summed E-state index contributed by atoms with van der Waals surface area (Å²) in [5.41, 5.74) is 2.52. The highest BCUT2D eigenvalue weighted by Crippen LogP contribution is 2.47. The van der Waals surface area contributed by atoms with Gasteiger partial charge in [-0.3, -0.25) is 0 Å². The molecule has 10 aromatic carbocycles. The second-order valence-corrected chi connectivity index (χ2v) is 12.5. The quantitative estimate of drug-likeness (QED) is 0.172. The Hall–Kier alpha value is -6.70. The fourth-order valence-electron chi connectivity index (χ4n) is 7.54. The number of hydrogen-bond donors (Lipinski definition) is 0. The maximum atomic E-state index is 9.53. The van der Waals surface area contributed by atoms with Crippen LogP contribution in [0.3, 0.4) is 0 Å². The van der Waals surface area contributed by atoms with Crippen molar-refractivity contribution in [2.75, 3.05) is 0 Å². The zero-order valence-corrected chi connectivity index (χ0v) is 26.6. The molecule has 0 bridgehead atoms. The molecule has 1 aromatic heterocycles. The van der Waals surface area contributed by atoms with Crippen molar-refractivity contribution in [3.05, 3.63) is 182 Å². The van der Waals surface area contributed by atoms with E-state index in [1.165, 1.54) is 0 Å². The summed E-state index contributed by atoms with van der Waals surface area (Å²) in [6.45, 7) is 0. The molecule has 0 aliphatic rings. The molecule has 11 aromatic rings. The minimum Gasteiger partial charge on any atom is -0.456 e. The molecule has 0 saturated heterocycles. The molecule has 0 aliphatic carbocycles. The van der Waals surface area contributed by atoms with E-state index in [4.69, 9.17) is 18.1 Å². The van der Waals surface area contributed by atoms with Crippen molar-refractivity contribution in [3.63, 3.8) is 0 Å². The molecule has 51 heavy (non-hydrogen) atoms. The molecule has 0 aliphatic heterocycles. The van der Waals surface area contributed by atoms with Crippen LogP contribution in [0.25, 0.3) is 109 Å². The van der Waals surface area contributed by atoms with Crippen LogP contribution >= 0.6 is 0 Å². The van der Waals surface area contributed by atoms with E-state index in [1.807, 2.05) is 72.8 Å². The van der Waals surface area contributed by atoms with Crippen molar-refractivity contribution in [1.29, 1.82) is 0 Å². The molecule has 1 nitrogen and oxygen atoms in total. The number of rotatable bonds is 3. The lowest BCUT2D eigenvalue weighted by molar-refractivity contribution is 0.669. The molecule has 0 N–H and O–H groups in total. The van der Waals surface area contributed by atoms with Gasteiger partial charge in [-0.15, -0.1) is 0 Å². The second-order valence-electron chi connectivity index (χ2n) is 12.5. The monoisotopic (exact) mass is 661 g/mol. The third-order valence-electron chi connectivity index (χ3n) is 9.78. The van der Waals surface area contributed by atoms with Crippen LogP contribution in [0.15, 0.2) is 186 Å². The Morgan fingerprint density at radius 2 is 0.961 bits per heavy atom. The van der Waals surface area contributed by atoms with Gasteiger partial charge in [0.15, 0.2) is 0 Å². The largest absolute Gasteiger partial charge is 0.456 e. The van der Waals surface area contributed by atoms with E-state index in [-0.39, 0.29) is 32.7 Å². The number of furan rings is 1. The zero-order valence-electron chi connectivity index (χ0n) is 41.6. The molecule has 1 heterocycles. The predicted molar refractivity (Wildman–Crippen MR) is 218 cm³/mol. The molecule has 0 fully saturated rings. The van der Waals surface area contributed by atoms with Gasteiger partial charge in [0.25, 0.3) is 0 Å². The summed E-state index contributed by atoms with van der Waals surface area (Å²) >= 11 is 0. The van der Waals surface area contributed by atoms with Gasteiger partial charge in [0.2, 0.25) is 0 Å². The normalized spacial score (nSPS) is 16.0. The van der Waals surface area contributed by atoms with Crippen LogP contribution in [0.4, 0.5) is 0 Å². The third kappa shape index (κ3) is 4.22. The summed E-state index contributed by atoms with van der Waals surface area (Å²) in [5.74, 6) is 0. The van der Waals surface area contributed by atoms with Gasteiger partial charge in [-0.05, 0) is 112 Å². The number of fused-ring (bicyclic) bond motifs is 9. The lowest BCUT2D eigenvalue weighted by atomic mass is 9.83. The summed E-state index contributed by atoms with van der Waals surface area (Å²) < 4.78 is 142. The van der Waals surface area contributed by atoms with E-state index >= 15 is 0 Å². The Balaban J connectivity index is 1.30. The number of hydrogen-bond acceptors (Lipinski definition) is 1. The van der Waals surface area contributed by atoms with Crippen molar-refractivity contribution in [2.45, 2.75) is 0 Å². The first-order valence-corrected chi connectivity index (χ1v) is 16.4. The Kier molecular flexibility index (Phi) is 3.70. The Labute approximate surface area is 315 Å². The maximum Gasteiger partial charge on any atom is 0.136 e. The smallest absolute Gasteiger partial charge is 0.136 e. The minimum atomic E-state index is -0.759. The van der Waals surface area contributed by atoms with Crippen molar-refractivity contribution in [3.8, 4) is 33.4 Å². The maximum absolute atomic E-state index is 9.53. The van der Waals surface area contributed by atoms with Crippen molar-refractivity contribution >= 4 is 75.8 Å². The Bertz CT molecular complexity index is 3970. The van der Waals surface area contributed by atoms with Gasteiger partial charge in [-0.1, -0.05) is 157 Å². The van der Waals surface area contributed by atoms with Crippen molar-refractivity contribution in [1.82, 2.24) is 0 Å². The summed E-state index contributed by atoms with van der Waals surface area (Å²) in [7, 11) is 0. The molecular weight excluding hydrogens is 617 g/mol. The van der Waals surface area contributed by atoms with Crippen molar-refractivity contribution in [2.24, 2.45) is 0 Å². The minimum absolute atomic E-state index is 0.0334. The summed E-state index contributed by atoms with van der Waals surface area (Å²) in [5, 5.41) is 3.51. The molecular formula is C50H30O. The van der Waals surface area contributed by atoms with Crippen LogP contribution < -0.4 is 0 Å². The first-order chi connectivity index (χ1) is 31.5. The highest BCUT2D eigenvalue weighted by molar-refractivity contribution is 6.25. The Morgan fingerprint density at radius 1 is 0.353 bits per heavy atom. The SMILES string of the molecule is [2H]c1c([2H])c([2H])c2c(-c3c4c([2H])c([2H])c([2H])c([2H])c4c(-c4cccc5ccc(-c6ccc7c(c6)oc6ccc8ccccc8c67)cc45)c4c([2H])c([2H])c([2H])c([2H])c34)c([2H])c([2H])c([2H])c2c1[2H]. The van der Waals surface area contributed by atoms with Gasteiger partial charge in [0, 0.05) is 10.8 Å². The van der Waals surface area contributed by atoms with Gasteiger partial charge < -0.3 is 4.42 Å². The molecule has 11 rings (SSSR count). The van der Waals surface area contributed by atoms with Crippen LogP contribution in [-0.2, 0) is 0 Å². The van der Waals surface area contributed by atoms with Gasteiger partial charge in [-0.2, -0.15) is 0 Å². The molecule has 0 spiro atoms. The van der Waals surface area contributed by atoms with Crippen LogP contribution in [-0.4, -0.2) is 0 Å². The van der Waals surface area contributed by atoms with Crippen LogP contribution in [0.1, 0.15) is 20.6 Å². The molecule has 0 amide bonds. The average Bonchev–Trinajstić information content (AvgIpc) is 3.71. The van der Waals surface area contributed by atoms with Crippen molar-refractivity contribution < 1.29 is 25.0 Å². The molecule has 0 unspecified atom stereocenters. The first-order valence-electron chi connectivity index (χ1n) is 23.9.